The summed E-state index contributed by atoms with van der Waals surface area (Å²) >= 11 is 0. The summed E-state index contributed by atoms with van der Waals surface area (Å²) in [5, 5.41) is 3.42. The molecule has 0 saturated carbocycles. The first-order chi connectivity index (χ1) is 9.27. The first-order valence-electron chi connectivity index (χ1n) is 7.30. The normalized spacial score (nSPS) is 19.6. The lowest BCUT2D eigenvalue weighted by atomic mass is 10.0. The van der Waals surface area contributed by atoms with Crippen LogP contribution in [0.3, 0.4) is 0 Å². The third-order valence-corrected chi connectivity index (χ3v) is 3.35. The summed E-state index contributed by atoms with van der Waals surface area (Å²) in [5.41, 5.74) is 0. The Morgan fingerprint density at radius 3 is 2.80 bits per heavy atom. The van der Waals surface area contributed by atoms with Crippen molar-refractivity contribution in [1.82, 2.24) is 10.2 Å². The second-order valence-electron chi connectivity index (χ2n) is 5.13. The monoisotopic (exact) mass is 399 g/mol. The zero-order valence-corrected chi connectivity index (χ0v) is 15.4. The average molecular weight is 399 g/mol. The van der Waals surface area contributed by atoms with E-state index in [0.29, 0.717) is 13.2 Å². The van der Waals surface area contributed by atoms with Crippen LogP contribution in [0.15, 0.2) is 4.99 Å². The zero-order valence-electron chi connectivity index (χ0n) is 13.1. The highest BCUT2D eigenvalue weighted by Gasteiger charge is 2.18. The molecule has 0 bridgehead atoms. The molecule has 0 aliphatic carbocycles. The first-order valence-corrected chi connectivity index (χ1v) is 7.30. The molecule has 120 valence electrons. The molecular weight excluding hydrogens is 369 g/mol. The third kappa shape index (κ3) is 8.26. The number of rotatable bonds is 7. The minimum Gasteiger partial charge on any atom is -0.382 e. The molecule has 1 saturated heterocycles. The Morgan fingerprint density at radius 2 is 2.15 bits per heavy atom. The number of hydrogen-bond donors (Lipinski definition) is 1. The van der Waals surface area contributed by atoms with E-state index < -0.39 is 0 Å². The molecule has 0 radical (unpaired) electrons. The van der Waals surface area contributed by atoms with Crippen molar-refractivity contribution in [3.63, 3.8) is 0 Å². The molecule has 1 rings (SSSR count). The lowest BCUT2D eigenvalue weighted by Crippen LogP contribution is -2.46. The number of aliphatic imine (C=N–C) groups is 1. The van der Waals surface area contributed by atoms with Gasteiger partial charge in [0.25, 0.3) is 0 Å². The number of guanidine groups is 1. The Labute approximate surface area is 140 Å². The molecule has 6 heteroatoms. The van der Waals surface area contributed by atoms with Crippen LogP contribution in [0.5, 0.6) is 0 Å². The van der Waals surface area contributed by atoms with E-state index in [2.05, 4.69) is 22.1 Å². The number of methoxy groups -OCH3 is 1. The van der Waals surface area contributed by atoms with Gasteiger partial charge in [-0.25, -0.2) is 0 Å². The van der Waals surface area contributed by atoms with Crippen molar-refractivity contribution >= 4 is 29.9 Å². The summed E-state index contributed by atoms with van der Waals surface area (Å²) in [6.45, 7) is 7.56. The van der Waals surface area contributed by atoms with Crippen molar-refractivity contribution in [3.05, 3.63) is 0 Å². The number of hydrogen-bond acceptors (Lipinski definition) is 3. The van der Waals surface area contributed by atoms with Gasteiger partial charge < -0.3 is 19.7 Å². The topological polar surface area (TPSA) is 46.1 Å². The zero-order chi connectivity index (χ0) is 13.9. The van der Waals surface area contributed by atoms with Gasteiger partial charge in [0.15, 0.2) is 5.96 Å². The van der Waals surface area contributed by atoms with E-state index in [4.69, 9.17) is 9.47 Å². The molecule has 20 heavy (non-hydrogen) atoms. The van der Waals surface area contributed by atoms with Crippen LogP contribution in [0.2, 0.25) is 0 Å². The van der Waals surface area contributed by atoms with Crippen molar-refractivity contribution in [1.29, 1.82) is 0 Å². The highest BCUT2D eigenvalue weighted by molar-refractivity contribution is 14.0. The largest absolute Gasteiger partial charge is 0.382 e. The molecule has 1 atom stereocenters. The fourth-order valence-corrected chi connectivity index (χ4v) is 2.33. The Hall–Kier alpha value is -0.0800. The Kier molecular flexibility index (Phi) is 12.6. The van der Waals surface area contributed by atoms with Crippen molar-refractivity contribution in [2.24, 2.45) is 10.9 Å². The standard InChI is InChI=1S/C14H29N3O2.HI/c1-13-6-4-8-17(12-13)14(15-2)16-7-5-9-19-11-10-18-3;/h13H,4-12H2,1-3H3,(H,15,16);1H. The minimum atomic E-state index is 0. The summed E-state index contributed by atoms with van der Waals surface area (Å²) in [4.78, 5) is 6.73. The van der Waals surface area contributed by atoms with Crippen LogP contribution in [0.25, 0.3) is 0 Å². The molecule has 0 amide bonds. The number of piperidine rings is 1. The van der Waals surface area contributed by atoms with Crippen LogP contribution in [0, 0.1) is 5.92 Å². The van der Waals surface area contributed by atoms with Crippen molar-refractivity contribution in [2.75, 3.05) is 53.6 Å². The van der Waals surface area contributed by atoms with Gasteiger partial charge in [0.2, 0.25) is 0 Å². The van der Waals surface area contributed by atoms with Crippen LogP contribution in [0.4, 0.5) is 0 Å². The number of ether oxygens (including phenoxy) is 2. The second-order valence-corrected chi connectivity index (χ2v) is 5.13. The van der Waals surface area contributed by atoms with Gasteiger partial charge in [-0.05, 0) is 25.2 Å². The maximum atomic E-state index is 5.43. The highest BCUT2D eigenvalue weighted by Crippen LogP contribution is 2.15. The number of likely N-dealkylation sites (tertiary alicyclic amines) is 1. The molecule has 1 heterocycles. The maximum absolute atomic E-state index is 5.43. The predicted octanol–water partition coefficient (Wildman–Crippen LogP) is 1.96. The number of nitrogens with one attached hydrogen (secondary N) is 1. The Bertz CT molecular complexity index is 265. The van der Waals surface area contributed by atoms with E-state index in [1.165, 1.54) is 12.8 Å². The molecule has 0 aromatic rings. The lowest BCUT2D eigenvalue weighted by Gasteiger charge is -2.33. The van der Waals surface area contributed by atoms with Crippen molar-refractivity contribution in [3.8, 4) is 0 Å². The van der Waals surface area contributed by atoms with Gasteiger partial charge in [-0.1, -0.05) is 6.92 Å². The van der Waals surface area contributed by atoms with E-state index >= 15 is 0 Å². The molecule has 5 nitrogen and oxygen atoms in total. The summed E-state index contributed by atoms with van der Waals surface area (Å²) in [5.74, 6) is 1.80. The predicted molar refractivity (Wildman–Crippen MR) is 94.1 cm³/mol. The van der Waals surface area contributed by atoms with E-state index in [9.17, 15) is 0 Å². The van der Waals surface area contributed by atoms with Gasteiger partial charge in [-0.3, -0.25) is 4.99 Å². The molecule has 0 spiro atoms. The fourth-order valence-electron chi connectivity index (χ4n) is 2.33. The minimum absolute atomic E-state index is 0. The SMILES string of the molecule is CN=C(NCCCOCCOC)N1CCCC(C)C1.I. The maximum Gasteiger partial charge on any atom is 0.193 e. The Morgan fingerprint density at radius 1 is 1.35 bits per heavy atom. The molecule has 1 aliphatic heterocycles. The van der Waals surface area contributed by atoms with E-state index in [1.807, 2.05) is 7.05 Å². The third-order valence-electron chi connectivity index (χ3n) is 3.35. The number of nitrogens with zero attached hydrogens (tertiary/aromatic N) is 2. The van der Waals surface area contributed by atoms with Gasteiger partial charge in [-0.2, -0.15) is 0 Å². The quantitative estimate of drug-likeness (QED) is 0.308. The summed E-state index contributed by atoms with van der Waals surface area (Å²) in [7, 11) is 3.55. The smallest absolute Gasteiger partial charge is 0.193 e. The van der Waals surface area contributed by atoms with E-state index in [1.54, 1.807) is 7.11 Å². The van der Waals surface area contributed by atoms with Crippen LogP contribution < -0.4 is 5.32 Å². The molecule has 0 aromatic carbocycles. The van der Waals surface area contributed by atoms with Crippen LogP contribution in [0.1, 0.15) is 26.2 Å². The Balaban J connectivity index is 0.00000361. The van der Waals surface area contributed by atoms with E-state index in [0.717, 1.165) is 44.5 Å². The summed E-state index contributed by atoms with van der Waals surface area (Å²) in [6, 6.07) is 0. The molecule has 0 aromatic heterocycles. The highest BCUT2D eigenvalue weighted by atomic mass is 127. The van der Waals surface area contributed by atoms with Gasteiger partial charge in [0.05, 0.1) is 13.2 Å². The molecule has 1 unspecified atom stereocenters. The fraction of sp³-hybridized carbons (Fsp3) is 0.929. The van der Waals surface area contributed by atoms with Crippen LogP contribution >= 0.6 is 24.0 Å². The van der Waals surface area contributed by atoms with Gasteiger partial charge in [-0.15, -0.1) is 24.0 Å². The average Bonchev–Trinajstić information content (AvgIpc) is 2.42. The van der Waals surface area contributed by atoms with Crippen molar-refractivity contribution < 1.29 is 9.47 Å². The summed E-state index contributed by atoms with van der Waals surface area (Å²) in [6.07, 6.45) is 3.59. The molecule has 1 N–H and O–H groups in total. The van der Waals surface area contributed by atoms with Crippen LogP contribution in [-0.4, -0.2) is 64.5 Å². The van der Waals surface area contributed by atoms with Crippen LogP contribution in [-0.2, 0) is 9.47 Å². The second kappa shape index (κ2) is 12.6. The molecular formula is C14H30IN3O2. The van der Waals surface area contributed by atoms with E-state index in [-0.39, 0.29) is 24.0 Å². The molecule has 1 fully saturated rings. The lowest BCUT2D eigenvalue weighted by molar-refractivity contribution is 0.0698. The first kappa shape index (κ1) is 19.9. The number of halogens is 1. The van der Waals surface area contributed by atoms with Crippen molar-refractivity contribution in [2.45, 2.75) is 26.2 Å². The van der Waals surface area contributed by atoms with Gasteiger partial charge >= 0.3 is 0 Å². The van der Waals surface area contributed by atoms with Gasteiger partial charge in [0, 0.05) is 40.4 Å². The summed E-state index contributed by atoms with van der Waals surface area (Å²) < 4.78 is 10.4. The molecule has 1 aliphatic rings. The van der Waals surface area contributed by atoms with Gasteiger partial charge in [0.1, 0.15) is 0 Å².